The number of nitrogens with zero attached hydrogens (tertiary/aromatic N) is 3. The molecule has 0 atom stereocenters. The maximum Gasteiger partial charge on any atom is 0.153 e. The predicted octanol–water partition coefficient (Wildman–Crippen LogP) is 3.13. The molecule has 0 bridgehead atoms. The fourth-order valence-electron chi connectivity index (χ4n) is 2.81. The van der Waals surface area contributed by atoms with Gasteiger partial charge in [0.2, 0.25) is 0 Å². The Bertz CT molecular complexity index is 556. The fraction of sp³-hybridized carbons (Fsp3) is 0.400. The van der Waals surface area contributed by atoms with Crippen molar-refractivity contribution in [1.82, 2.24) is 14.8 Å². The lowest BCUT2D eigenvalue weighted by molar-refractivity contribution is 0.112. The molecule has 4 heteroatoms. The van der Waals surface area contributed by atoms with E-state index in [2.05, 4.69) is 10.1 Å². The van der Waals surface area contributed by atoms with Gasteiger partial charge in [0.25, 0.3) is 0 Å². The van der Waals surface area contributed by atoms with E-state index in [1.807, 2.05) is 18.3 Å². The highest BCUT2D eigenvalue weighted by atomic mass is 16.1. The number of carbonyl (C=O) groups excluding carboxylic acids is 1. The topological polar surface area (TPSA) is 47.8 Å². The van der Waals surface area contributed by atoms with Crippen molar-refractivity contribution in [3.8, 4) is 5.69 Å². The van der Waals surface area contributed by atoms with Crippen molar-refractivity contribution in [2.45, 2.75) is 38.0 Å². The van der Waals surface area contributed by atoms with Gasteiger partial charge in [-0.25, -0.2) is 4.68 Å². The molecule has 1 fully saturated rings. The van der Waals surface area contributed by atoms with Crippen LogP contribution in [-0.2, 0) is 0 Å². The first-order chi connectivity index (χ1) is 9.38. The summed E-state index contributed by atoms with van der Waals surface area (Å²) in [5.41, 5.74) is 2.63. The van der Waals surface area contributed by atoms with Gasteiger partial charge in [0.05, 0.1) is 16.9 Å². The summed E-state index contributed by atoms with van der Waals surface area (Å²) in [6, 6.07) is 3.79. The van der Waals surface area contributed by atoms with Gasteiger partial charge < -0.3 is 0 Å². The van der Waals surface area contributed by atoms with Gasteiger partial charge in [0, 0.05) is 24.5 Å². The Balaban J connectivity index is 1.96. The Morgan fingerprint density at radius 3 is 2.58 bits per heavy atom. The van der Waals surface area contributed by atoms with Crippen LogP contribution in [-0.4, -0.2) is 21.1 Å². The molecule has 2 heterocycles. The Kier molecular flexibility index (Phi) is 3.40. The Morgan fingerprint density at radius 1 is 1.16 bits per heavy atom. The van der Waals surface area contributed by atoms with E-state index in [1.165, 1.54) is 19.3 Å². The zero-order chi connectivity index (χ0) is 13.1. The van der Waals surface area contributed by atoms with Crippen LogP contribution in [0.1, 0.15) is 54.1 Å². The minimum absolute atomic E-state index is 0.442. The Morgan fingerprint density at radius 2 is 1.89 bits per heavy atom. The van der Waals surface area contributed by atoms with Gasteiger partial charge in [-0.15, -0.1) is 0 Å². The molecule has 1 saturated carbocycles. The van der Waals surface area contributed by atoms with E-state index >= 15 is 0 Å². The minimum atomic E-state index is 0.442. The summed E-state index contributed by atoms with van der Waals surface area (Å²) in [5.74, 6) is 0.442. The van der Waals surface area contributed by atoms with Crippen LogP contribution in [0.3, 0.4) is 0 Å². The van der Waals surface area contributed by atoms with Crippen molar-refractivity contribution >= 4 is 6.29 Å². The van der Waals surface area contributed by atoms with Crippen molar-refractivity contribution in [1.29, 1.82) is 0 Å². The standard InChI is InChI=1S/C15H17N3O/c19-11-13-10-18(14-6-8-16-9-7-14)17-15(13)12-4-2-1-3-5-12/h6-12H,1-5H2. The summed E-state index contributed by atoms with van der Waals surface area (Å²) >= 11 is 0. The quantitative estimate of drug-likeness (QED) is 0.792. The van der Waals surface area contributed by atoms with Crippen molar-refractivity contribution in [3.05, 3.63) is 42.0 Å². The second-order valence-electron chi connectivity index (χ2n) is 5.07. The van der Waals surface area contributed by atoms with Crippen LogP contribution in [0.2, 0.25) is 0 Å². The van der Waals surface area contributed by atoms with E-state index in [9.17, 15) is 4.79 Å². The molecule has 0 amide bonds. The van der Waals surface area contributed by atoms with E-state index in [-0.39, 0.29) is 0 Å². The molecule has 2 aromatic rings. The molecule has 0 N–H and O–H groups in total. The van der Waals surface area contributed by atoms with Gasteiger partial charge in [-0.3, -0.25) is 9.78 Å². The zero-order valence-electron chi connectivity index (χ0n) is 10.8. The number of aromatic nitrogens is 3. The molecule has 0 spiro atoms. The third-order valence-electron chi connectivity index (χ3n) is 3.82. The van der Waals surface area contributed by atoms with Crippen molar-refractivity contribution in [2.75, 3.05) is 0 Å². The van der Waals surface area contributed by atoms with Gasteiger partial charge in [0.15, 0.2) is 6.29 Å². The molecule has 0 unspecified atom stereocenters. The lowest BCUT2D eigenvalue weighted by atomic mass is 9.86. The first-order valence-electron chi connectivity index (χ1n) is 6.83. The molecule has 3 rings (SSSR count). The second-order valence-corrected chi connectivity index (χ2v) is 5.07. The van der Waals surface area contributed by atoms with Gasteiger partial charge in [-0.2, -0.15) is 5.10 Å². The van der Waals surface area contributed by atoms with Gasteiger partial charge >= 0.3 is 0 Å². The van der Waals surface area contributed by atoms with Crippen molar-refractivity contribution < 1.29 is 4.79 Å². The highest BCUT2D eigenvalue weighted by Crippen LogP contribution is 2.33. The number of aldehydes is 1. The highest BCUT2D eigenvalue weighted by molar-refractivity contribution is 5.76. The molecular weight excluding hydrogens is 238 g/mol. The summed E-state index contributed by atoms with van der Waals surface area (Å²) in [4.78, 5) is 15.2. The molecular formula is C15H17N3O. The summed E-state index contributed by atoms with van der Waals surface area (Å²) in [6.07, 6.45) is 12.3. The molecule has 98 valence electrons. The summed E-state index contributed by atoms with van der Waals surface area (Å²) in [7, 11) is 0. The van der Waals surface area contributed by atoms with Crippen LogP contribution in [0.5, 0.6) is 0 Å². The smallest absolute Gasteiger partial charge is 0.153 e. The molecule has 0 aliphatic heterocycles. The maximum atomic E-state index is 11.2. The molecule has 0 aromatic carbocycles. The lowest BCUT2D eigenvalue weighted by Crippen LogP contribution is -2.07. The Hall–Kier alpha value is -1.97. The average Bonchev–Trinajstić information content (AvgIpc) is 2.93. The molecule has 4 nitrogen and oxygen atoms in total. The number of pyridine rings is 1. The SMILES string of the molecule is O=Cc1cn(-c2ccncc2)nc1C1CCCCC1. The zero-order valence-corrected chi connectivity index (χ0v) is 10.8. The summed E-state index contributed by atoms with van der Waals surface area (Å²) in [6.45, 7) is 0. The summed E-state index contributed by atoms with van der Waals surface area (Å²) in [5, 5.41) is 4.63. The van der Waals surface area contributed by atoms with Gasteiger partial charge in [0.1, 0.15) is 0 Å². The van der Waals surface area contributed by atoms with E-state index in [0.717, 1.165) is 36.1 Å². The number of carbonyl (C=O) groups is 1. The van der Waals surface area contributed by atoms with Gasteiger partial charge in [-0.1, -0.05) is 19.3 Å². The normalized spacial score (nSPS) is 16.4. The number of hydrogen-bond acceptors (Lipinski definition) is 3. The average molecular weight is 255 g/mol. The van der Waals surface area contributed by atoms with Crippen LogP contribution in [0.25, 0.3) is 5.69 Å². The van der Waals surface area contributed by atoms with E-state index < -0.39 is 0 Å². The lowest BCUT2D eigenvalue weighted by Gasteiger charge is -2.20. The molecule has 2 aromatic heterocycles. The fourth-order valence-corrected chi connectivity index (χ4v) is 2.81. The third-order valence-corrected chi connectivity index (χ3v) is 3.82. The molecule has 19 heavy (non-hydrogen) atoms. The summed E-state index contributed by atoms with van der Waals surface area (Å²) < 4.78 is 1.79. The van der Waals surface area contributed by atoms with E-state index in [0.29, 0.717) is 5.92 Å². The van der Waals surface area contributed by atoms with E-state index in [1.54, 1.807) is 17.1 Å². The van der Waals surface area contributed by atoms with Crippen LogP contribution in [0.15, 0.2) is 30.7 Å². The first-order valence-corrected chi connectivity index (χ1v) is 6.83. The Labute approximate surface area is 112 Å². The van der Waals surface area contributed by atoms with Crippen molar-refractivity contribution in [3.63, 3.8) is 0 Å². The highest BCUT2D eigenvalue weighted by Gasteiger charge is 2.22. The van der Waals surface area contributed by atoms with Crippen LogP contribution < -0.4 is 0 Å². The first kappa shape index (κ1) is 12.1. The molecule has 0 saturated heterocycles. The second kappa shape index (κ2) is 5.34. The maximum absolute atomic E-state index is 11.2. The molecule has 1 aliphatic rings. The molecule has 0 radical (unpaired) electrons. The predicted molar refractivity (Wildman–Crippen MR) is 72.6 cm³/mol. The van der Waals surface area contributed by atoms with E-state index in [4.69, 9.17) is 0 Å². The van der Waals surface area contributed by atoms with Crippen LogP contribution >= 0.6 is 0 Å². The third kappa shape index (κ3) is 2.43. The van der Waals surface area contributed by atoms with Gasteiger partial charge in [-0.05, 0) is 25.0 Å². The monoisotopic (exact) mass is 255 g/mol. The van der Waals surface area contributed by atoms with Crippen LogP contribution in [0.4, 0.5) is 0 Å². The molecule has 1 aliphatic carbocycles. The van der Waals surface area contributed by atoms with Crippen LogP contribution in [0, 0.1) is 0 Å². The minimum Gasteiger partial charge on any atom is -0.298 e. The largest absolute Gasteiger partial charge is 0.298 e. The van der Waals surface area contributed by atoms with Crippen molar-refractivity contribution in [2.24, 2.45) is 0 Å². The number of hydrogen-bond donors (Lipinski definition) is 0. The number of rotatable bonds is 3.